The number of benzene rings is 1. The molecule has 1 N–H and O–H groups in total. The van der Waals surface area contributed by atoms with Crippen LogP contribution in [0.1, 0.15) is 105 Å². The molecule has 0 aliphatic carbocycles. The van der Waals surface area contributed by atoms with Gasteiger partial charge in [-0.05, 0) is 76.9 Å². The van der Waals surface area contributed by atoms with Gasteiger partial charge in [-0.3, -0.25) is 4.90 Å². The van der Waals surface area contributed by atoms with E-state index in [0.29, 0.717) is 12.1 Å². The van der Waals surface area contributed by atoms with E-state index in [1.54, 1.807) is 12.3 Å². The topological polar surface area (TPSA) is 15.3 Å². The maximum absolute atomic E-state index is 13.7. The Morgan fingerprint density at radius 3 is 1.71 bits per heavy atom. The van der Waals surface area contributed by atoms with Crippen molar-refractivity contribution in [1.29, 1.82) is 0 Å². The predicted molar refractivity (Wildman–Crippen MR) is 168 cm³/mol. The lowest BCUT2D eigenvalue weighted by Crippen LogP contribution is -2.36. The van der Waals surface area contributed by atoms with E-state index in [-0.39, 0.29) is 18.8 Å². The standard InChI is InChI=1S/C18H23F3.C8H19N.C3H7N.2C2H6/c1-5-16-6-7-17(14(3)10-16)15(4)13(2)8-9-18(21,11-19)12-20;1-6-9(7(2)3)8(4)5;1-3-4-2;2*1-2/h5-7,10,15H,1-2,8-9,11-12H2,3-4H3;7-8H,6H2,1-5H3;3-4H,1H2,2H3;2*1-2H3/t15-;;;;/m1..../s1. The summed E-state index contributed by atoms with van der Waals surface area (Å²) < 4.78 is 38.7. The van der Waals surface area contributed by atoms with Gasteiger partial charge in [0.25, 0.3) is 0 Å². The summed E-state index contributed by atoms with van der Waals surface area (Å²) in [6, 6.07) is 7.36. The largest absolute Gasteiger partial charge is 0.394 e. The van der Waals surface area contributed by atoms with Gasteiger partial charge in [0.1, 0.15) is 13.3 Å². The molecule has 2 nitrogen and oxygen atoms in total. The van der Waals surface area contributed by atoms with Crippen molar-refractivity contribution in [3.05, 3.63) is 66.4 Å². The maximum Gasteiger partial charge on any atom is 0.167 e. The summed E-state index contributed by atoms with van der Waals surface area (Å²) in [5.41, 5.74) is 1.64. The Hall–Kier alpha value is -2.01. The Kier molecular flexibility index (Phi) is 30.1. The minimum atomic E-state index is -2.37. The van der Waals surface area contributed by atoms with Crippen LogP contribution in [0.2, 0.25) is 0 Å². The minimum absolute atomic E-state index is 0.0207. The molecular formula is C33H61F3N2. The van der Waals surface area contributed by atoms with E-state index in [2.05, 4.69) is 64.6 Å². The second-order valence-electron chi connectivity index (χ2n) is 9.13. The summed E-state index contributed by atoms with van der Waals surface area (Å²) in [4.78, 5) is 2.46. The highest BCUT2D eigenvalue weighted by Crippen LogP contribution is 2.31. The van der Waals surface area contributed by atoms with Crippen molar-refractivity contribution in [3.8, 4) is 0 Å². The number of aryl methyl sites for hydroxylation is 1. The molecule has 0 aromatic heterocycles. The Labute approximate surface area is 235 Å². The molecule has 5 heteroatoms. The van der Waals surface area contributed by atoms with Crippen LogP contribution < -0.4 is 5.32 Å². The molecule has 0 bridgehead atoms. The fourth-order valence-corrected chi connectivity index (χ4v) is 3.63. The Morgan fingerprint density at radius 2 is 1.45 bits per heavy atom. The molecule has 38 heavy (non-hydrogen) atoms. The summed E-state index contributed by atoms with van der Waals surface area (Å²) in [6.07, 6.45) is 3.50. The number of rotatable bonds is 12. The Morgan fingerprint density at radius 1 is 1.00 bits per heavy atom. The van der Waals surface area contributed by atoms with Gasteiger partial charge in [-0.25, -0.2) is 13.2 Å². The first kappa shape index (κ1) is 43.1. The highest BCUT2D eigenvalue weighted by atomic mass is 19.2. The van der Waals surface area contributed by atoms with Crippen molar-refractivity contribution in [2.75, 3.05) is 26.9 Å². The third-order valence-electron chi connectivity index (χ3n) is 5.88. The van der Waals surface area contributed by atoms with Crippen LogP contribution in [-0.4, -0.2) is 49.6 Å². The van der Waals surface area contributed by atoms with E-state index < -0.39 is 19.0 Å². The van der Waals surface area contributed by atoms with E-state index in [1.807, 2.05) is 66.8 Å². The fraction of sp³-hybridized carbons (Fsp3) is 0.636. The average molecular weight is 543 g/mol. The van der Waals surface area contributed by atoms with E-state index in [9.17, 15) is 13.2 Å². The number of hydrogen-bond acceptors (Lipinski definition) is 2. The van der Waals surface area contributed by atoms with Crippen LogP contribution in [0.4, 0.5) is 13.2 Å². The molecular weight excluding hydrogens is 481 g/mol. The molecule has 0 spiro atoms. The first-order valence-corrected chi connectivity index (χ1v) is 14.1. The summed E-state index contributed by atoms with van der Waals surface area (Å²) >= 11 is 0. The number of halogens is 3. The Balaban J connectivity index is -0.000000281. The Bertz CT molecular complexity index is 702. The van der Waals surface area contributed by atoms with Crippen LogP contribution in [0.5, 0.6) is 0 Å². The van der Waals surface area contributed by atoms with Gasteiger partial charge in [-0.1, -0.05) is 91.1 Å². The van der Waals surface area contributed by atoms with Gasteiger partial charge in [0, 0.05) is 25.0 Å². The van der Waals surface area contributed by atoms with E-state index >= 15 is 0 Å². The molecule has 1 aromatic carbocycles. The van der Waals surface area contributed by atoms with Crippen molar-refractivity contribution >= 4 is 6.08 Å². The smallest absolute Gasteiger partial charge is 0.167 e. The SMILES string of the molecule is C=CNC.C=Cc1ccc([C@H](C)C(=C)CCC(F)(CF)CF)c(C)c1.CC.CC.CCN(C(C)C)C(C)C. The second-order valence-corrected chi connectivity index (χ2v) is 9.13. The quantitative estimate of drug-likeness (QED) is 0.264. The van der Waals surface area contributed by atoms with Gasteiger partial charge in [0.15, 0.2) is 5.67 Å². The molecule has 1 atom stereocenters. The number of allylic oxidation sites excluding steroid dienone is 1. The molecule has 224 valence electrons. The van der Waals surface area contributed by atoms with Crippen LogP contribution in [0.25, 0.3) is 6.08 Å². The lowest BCUT2D eigenvalue weighted by atomic mass is 9.86. The van der Waals surface area contributed by atoms with Crippen molar-refractivity contribution in [2.24, 2.45) is 0 Å². The lowest BCUT2D eigenvalue weighted by Gasteiger charge is -2.28. The van der Waals surface area contributed by atoms with Crippen LogP contribution in [0.3, 0.4) is 0 Å². The van der Waals surface area contributed by atoms with Gasteiger partial charge < -0.3 is 5.32 Å². The molecule has 0 radical (unpaired) electrons. The number of nitrogens with zero attached hydrogens (tertiary/aromatic N) is 1. The van der Waals surface area contributed by atoms with Crippen molar-refractivity contribution in [2.45, 2.75) is 113 Å². The zero-order chi connectivity index (χ0) is 30.9. The first-order chi connectivity index (χ1) is 17.9. The fourth-order valence-electron chi connectivity index (χ4n) is 3.63. The normalized spacial score (nSPS) is 10.9. The molecule has 0 amide bonds. The van der Waals surface area contributed by atoms with Gasteiger partial charge in [-0.15, -0.1) is 0 Å². The molecule has 0 aliphatic heterocycles. The summed E-state index contributed by atoms with van der Waals surface area (Å²) in [7, 11) is 1.81. The maximum atomic E-state index is 13.7. The van der Waals surface area contributed by atoms with Gasteiger partial charge in [-0.2, -0.15) is 0 Å². The molecule has 0 heterocycles. The highest BCUT2D eigenvalue weighted by molar-refractivity contribution is 5.50. The molecule has 0 unspecified atom stereocenters. The zero-order valence-electron chi connectivity index (χ0n) is 26.9. The molecule has 1 aromatic rings. The van der Waals surface area contributed by atoms with E-state index in [1.165, 1.54) is 0 Å². The molecule has 0 saturated heterocycles. The summed E-state index contributed by atoms with van der Waals surface area (Å²) in [5.74, 6) is 0.0207. The van der Waals surface area contributed by atoms with Gasteiger partial charge in [0.2, 0.25) is 0 Å². The van der Waals surface area contributed by atoms with Crippen molar-refractivity contribution in [1.82, 2.24) is 10.2 Å². The zero-order valence-corrected chi connectivity index (χ0v) is 26.9. The molecule has 0 saturated carbocycles. The lowest BCUT2D eigenvalue weighted by molar-refractivity contribution is 0.0770. The van der Waals surface area contributed by atoms with Crippen molar-refractivity contribution < 1.29 is 13.2 Å². The molecule has 0 aliphatic rings. The van der Waals surface area contributed by atoms with E-state index in [0.717, 1.165) is 28.8 Å². The summed E-state index contributed by atoms with van der Waals surface area (Å²) in [6.45, 7) is 32.8. The van der Waals surface area contributed by atoms with Crippen LogP contribution in [0.15, 0.2) is 49.7 Å². The third-order valence-corrected chi connectivity index (χ3v) is 5.88. The van der Waals surface area contributed by atoms with Gasteiger partial charge in [0.05, 0.1) is 0 Å². The first-order valence-electron chi connectivity index (χ1n) is 14.1. The van der Waals surface area contributed by atoms with Crippen LogP contribution in [0, 0.1) is 6.92 Å². The number of nitrogens with one attached hydrogen (secondary N) is 1. The molecule has 1 rings (SSSR count). The van der Waals surface area contributed by atoms with Gasteiger partial charge >= 0.3 is 0 Å². The van der Waals surface area contributed by atoms with E-state index in [4.69, 9.17) is 0 Å². The van der Waals surface area contributed by atoms with Crippen LogP contribution >= 0.6 is 0 Å². The second kappa shape index (κ2) is 26.6. The summed E-state index contributed by atoms with van der Waals surface area (Å²) in [5, 5.41) is 2.69. The third kappa shape index (κ3) is 19.1. The average Bonchev–Trinajstić information content (AvgIpc) is 2.93. The monoisotopic (exact) mass is 542 g/mol. The number of alkyl halides is 3. The van der Waals surface area contributed by atoms with Crippen molar-refractivity contribution in [3.63, 3.8) is 0 Å². The number of hydrogen-bond donors (Lipinski definition) is 1. The highest BCUT2D eigenvalue weighted by Gasteiger charge is 2.30. The minimum Gasteiger partial charge on any atom is -0.394 e. The van der Waals surface area contributed by atoms with Crippen LogP contribution in [-0.2, 0) is 0 Å². The predicted octanol–water partition coefficient (Wildman–Crippen LogP) is 10.3. The molecule has 0 fully saturated rings.